The molecule has 0 spiro atoms. The summed E-state index contributed by atoms with van der Waals surface area (Å²) < 4.78 is 17.8. The summed E-state index contributed by atoms with van der Waals surface area (Å²) in [6, 6.07) is 6.21. The largest absolute Gasteiger partial charge is 0.540 e. The molecule has 1 aromatic carbocycles. The molecule has 0 amide bonds. The summed E-state index contributed by atoms with van der Waals surface area (Å²) in [5, 5.41) is 0. The second kappa shape index (κ2) is 3.58. The van der Waals surface area contributed by atoms with Gasteiger partial charge < -0.3 is 14.0 Å². The molecule has 0 radical (unpaired) electrons. The molecule has 0 unspecified atom stereocenters. The van der Waals surface area contributed by atoms with E-state index in [1.54, 1.807) is 0 Å². The molecule has 0 aromatic heterocycles. The van der Waals surface area contributed by atoms with Crippen LogP contribution in [0.25, 0.3) is 0 Å². The van der Waals surface area contributed by atoms with Gasteiger partial charge in [0.2, 0.25) is 0 Å². The van der Waals surface area contributed by atoms with Gasteiger partial charge in [0.1, 0.15) is 0 Å². The third-order valence-corrected chi connectivity index (χ3v) is 3.85. The number of rotatable bonds is 1. The van der Waals surface area contributed by atoms with Crippen LogP contribution < -0.4 is 5.46 Å². The molecule has 4 rings (SSSR count). The van der Waals surface area contributed by atoms with Crippen LogP contribution in [0, 0.1) is 19.3 Å². The molecule has 0 atom stereocenters. The van der Waals surface area contributed by atoms with Crippen LogP contribution in [-0.2, 0) is 14.0 Å². The van der Waals surface area contributed by atoms with E-state index < -0.39 is 6.75 Å². The standard InChI is InChI=1S/C13H18BO3/c1-10-5-4-6-11(2)12(10)14-15-7-13(3,8-16-14)9-17-14/h4-6H,7-9H2,1-3H3/q-1. The Balaban J connectivity index is 2.05. The van der Waals surface area contributed by atoms with Crippen molar-refractivity contribution in [1.29, 1.82) is 0 Å². The van der Waals surface area contributed by atoms with E-state index in [0.717, 1.165) is 25.3 Å². The SMILES string of the molecule is Cc1cccc(C)c1[B-]12OCC(C)(CO1)CO2. The summed E-state index contributed by atoms with van der Waals surface area (Å²) in [7, 11) is 0. The zero-order chi connectivity index (χ0) is 12.1. The van der Waals surface area contributed by atoms with E-state index >= 15 is 0 Å². The molecule has 3 saturated heterocycles. The number of aryl methyl sites for hydroxylation is 2. The van der Waals surface area contributed by atoms with Crippen LogP contribution in [-0.4, -0.2) is 26.6 Å². The molecular weight excluding hydrogens is 215 g/mol. The Labute approximate surface area is 102 Å². The van der Waals surface area contributed by atoms with Crippen LogP contribution in [0.2, 0.25) is 0 Å². The second-order valence-corrected chi connectivity index (χ2v) is 5.69. The van der Waals surface area contributed by atoms with Crippen LogP contribution in [0.15, 0.2) is 18.2 Å². The minimum Gasteiger partial charge on any atom is -0.540 e. The highest BCUT2D eigenvalue weighted by Crippen LogP contribution is 2.35. The Kier molecular flexibility index (Phi) is 2.37. The lowest BCUT2D eigenvalue weighted by molar-refractivity contribution is -0.119. The molecular formula is C13H18BO3-. The molecule has 1 aromatic rings. The van der Waals surface area contributed by atoms with Gasteiger partial charge in [-0.15, -0.1) is 5.46 Å². The third kappa shape index (κ3) is 1.63. The lowest BCUT2D eigenvalue weighted by Crippen LogP contribution is -2.69. The van der Waals surface area contributed by atoms with Gasteiger partial charge in [0.15, 0.2) is 0 Å². The first-order valence-corrected chi connectivity index (χ1v) is 6.17. The minimum atomic E-state index is -1.70. The summed E-state index contributed by atoms with van der Waals surface area (Å²) in [6.45, 7) is 6.76. The zero-order valence-electron chi connectivity index (χ0n) is 10.7. The van der Waals surface area contributed by atoms with Gasteiger partial charge >= 0.3 is 6.75 Å². The first-order chi connectivity index (χ1) is 8.05. The first-order valence-electron chi connectivity index (χ1n) is 6.17. The van der Waals surface area contributed by atoms with Gasteiger partial charge in [-0.25, -0.2) is 0 Å². The van der Waals surface area contributed by atoms with Gasteiger partial charge in [-0.05, 0) is 13.8 Å². The molecule has 0 saturated carbocycles. The summed E-state index contributed by atoms with van der Waals surface area (Å²) in [5.74, 6) is 0. The number of hydrogen-bond acceptors (Lipinski definition) is 3. The van der Waals surface area contributed by atoms with Crippen LogP contribution in [0.4, 0.5) is 0 Å². The van der Waals surface area contributed by atoms with Crippen molar-refractivity contribution in [2.24, 2.45) is 5.41 Å². The van der Waals surface area contributed by atoms with E-state index in [9.17, 15) is 0 Å². The fourth-order valence-electron chi connectivity index (χ4n) is 2.84. The van der Waals surface area contributed by atoms with Crippen molar-refractivity contribution in [2.75, 3.05) is 19.8 Å². The quantitative estimate of drug-likeness (QED) is 0.688. The fraction of sp³-hybridized carbons (Fsp3) is 0.538. The van der Waals surface area contributed by atoms with E-state index in [-0.39, 0.29) is 5.41 Å². The average molecular weight is 233 g/mol. The Bertz CT molecular complexity index is 413. The van der Waals surface area contributed by atoms with E-state index in [2.05, 4.69) is 39.0 Å². The summed E-state index contributed by atoms with van der Waals surface area (Å²) >= 11 is 0. The topological polar surface area (TPSA) is 27.7 Å². The van der Waals surface area contributed by atoms with Crippen LogP contribution in [0.1, 0.15) is 18.1 Å². The summed E-state index contributed by atoms with van der Waals surface area (Å²) in [6.07, 6.45) is 0. The molecule has 4 heteroatoms. The fourth-order valence-corrected chi connectivity index (χ4v) is 2.84. The zero-order valence-corrected chi connectivity index (χ0v) is 10.7. The highest BCUT2D eigenvalue weighted by molar-refractivity contribution is 6.76. The molecule has 3 nitrogen and oxygen atoms in total. The molecule has 17 heavy (non-hydrogen) atoms. The Morgan fingerprint density at radius 2 is 1.47 bits per heavy atom. The molecule has 0 N–H and O–H groups in total. The molecule has 3 aliphatic heterocycles. The van der Waals surface area contributed by atoms with E-state index in [1.165, 1.54) is 11.1 Å². The van der Waals surface area contributed by atoms with Crippen molar-refractivity contribution in [2.45, 2.75) is 20.8 Å². The normalized spacial score (nSPS) is 36.2. The van der Waals surface area contributed by atoms with Crippen molar-refractivity contribution >= 4 is 12.2 Å². The van der Waals surface area contributed by atoms with Gasteiger partial charge in [0.25, 0.3) is 0 Å². The number of fused-ring (bicyclic) bond motifs is 3. The lowest BCUT2D eigenvalue weighted by atomic mass is 9.61. The van der Waals surface area contributed by atoms with E-state index in [4.69, 9.17) is 14.0 Å². The predicted molar refractivity (Wildman–Crippen MR) is 67.3 cm³/mol. The second-order valence-electron chi connectivity index (χ2n) is 5.69. The Morgan fingerprint density at radius 3 is 1.94 bits per heavy atom. The predicted octanol–water partition coefficient (Wildman–Crippen LogP) is 1.53. The van der Waals surface area contributed by atoms with Crippen molar-refractivity contribution in [3.63, 3.8) is 0 Å². The van der Waals surface area contributed by atoms with Crippen LogP contribution >= 0.6 is 0 Å². The highest BCUT2D eigenvalue weighted by atomic mass is 16.8. The minimum absolute atomic E-state index is 0.0279. The Hall–Kier alpha value is -0.835. The molecule has 3 heterocycles. The Morgan fingerprint density at radius 1 is 1.00 bits per heavy atom. The van der Waals surface area contributed by atoms with Crippen LogP contribution in [0.3, 0.4) is 0 Å². The van der Waals surface area contributed by atoms with Gasteiger partial charge in [-0.3, -0.25) is 0 Å². The highest BCUT2D eigenvalue weighted by Gasteiger charge is 2.47. The lowest BCUT2D eigenvalue weighted by Gasteiger charge is -2.58. The van der Waals surface area contributed by atoms with Crippen molar-refractivity contribution in [3.05, 3.63) is 29.3 Å². The van der Waals surface area contributed by atoms with Crippen LogP contribution in [0.5, 0.6) is 0 Å². The maximum absolute atomic E-state index is 5.93. The molecule has 3 aliphatic rings. The van der Waals surface area contributed by atoms with E-state index in [1.807, 2.05) is 0 Å². The molecule has 2 bridgehead atoms. The maximum Gasteiger partial charge on any atom is 0.410 e. The average Bonchev–Trinajstić information content (AvgIpc) is 2.31. The molecule has 3 fully saturated rings. The molecule has 0 aliphatic carbocycles. The summed E-state index contributed by atoms with van der Waals surface area (Å²) in [4.78, 5) is 0. The number of benzene rings is 1. The van der Waals surface area contributed by atoms with Crippen molar-refractivity contribution < 1.29 is 14.0 Å². The first kappa shape index (κ1) is 11.3. The maximum atomic E-state index is 5.93. The summed E-state index contributed by atoms with van der Waals surface area (Å²) in [5.41, 5.74) is 3.47. The number of hydrogen-bond donors (Lipinski definition) is 0. The third-order valence-electron chi connectivity index (χ3n) is 3.85. The van der Waals surface area contributed by atoms with Gasteiger partial charge in [0.05, 0.1) is 0 Å². The van der Waals surface area contributed by atoms with Gasteiger partial charge in [0, 0.05) is 25.2 Å². The molecule has 92 valence electrons. The van der Waals surface area contributed by atoms with E-state index in [0.29, 0.717) is 0 Å². The monoisotopic (exact) mass is 233 g/mol. The van der Waals surface area contributed by atoms with Gasteiger partial charge in [-0.2, -0.15) is 0 Å². The van der Waals surface area contributed by atoms with Crippen molar-refractivity contribution in [1.82, 2.24) is 0 Å². The van der Waals surface area contributed by atoms with Gasteiger partial charge in [-0.1, -0.05) is 36.2 Å². The van der Waals surface area contributed by atoms with Crippen molar-refractivity contribution in [3.8, 4) is 0 Å². The smallest absolute Gasteiger partial charge is 0.410 e.